The van der Waals surface area contributed by atoms with Crippen LogP contribution in [-0.2, 0) is 14.4 Å². The first-order valence-corrected chi connectivity index (χ1v) is 35.1. The maximum Gasteiger partial charge on any atom is 0.255 e. The Morgan fingerprint density at radius 3 is 0.786 bits per heavy atom. The quantitative estimate of drug-likeness (QED) is 0.0687. The van der Waals surface area contributed by atoms with E-state index in [-0.39, 0.29) is 135 Å². The topological polar surface area (TPSA) is 297 Å². The van der Waals surface area contributed by atoms with Crippen LogP contribution in [0.15, 0.2) is 72.8 Å². The third-order valence-corrected chi connectivity index (χ3v) is 21.4. The molecule has 530 valence electrons. The molecule has 6 aliphatic rings. The molecule has 2 aliphatic heterocycles. The van der Waals surface area contributed by atoms with Gasteiger partial charge in [0, 0.05) is 48.3 Å². The number of hydrogen-bond acceptors (Lipinski definition) is 15. The van der Waals surface area contributed by atoms with Gasteiger partial charge in [0.05, 0.1) is 84.1 Å². The van der Waals surface area contributed by atoms with E-state index in [1.54, 1.807) is 86.6 Å². The molecule has 4 aliphatic carbocycles. The Balaban J connectivity index is 1.04. The van der Waals surface area contributed by atoms with E-state index in [1.165, 1.54) is 14.2 Å². The van der Waals surface area contributed by atoms with Gasteiger partial charge >= 0.3 is 0 Å². The molecular formula is C75H100N8O15. The van der Waals surface area contributed by atoms with Crippen molar-refractivity contribution in [3.05, 3.63) is 117 Å². The van der Waals surface area contributed by atoms with Crippen molar-refractivity contribution < 1.29 is 71.8 Å². The van der Waals surface area contributed by atoms with Crippen LogP contribution in [0.2, 0.25) is 0 Å². The number of amides is 8. The number of ether oxygens (including phenoxy) is 5. The monoisotopic (exact) mass is 1350 g/mol. The lowest BCUT2D eigenvalue weighted by Crippen LogP contribution is -2.53. The molecule has 4 aromatic rings. The average Bonchev–Trinajstić information content (AvgIpc) is 0.841. The fourth-order valence-electron chi connectivity index (χ4n) is 15.5. The Hall–Kier alpha value is -8.28. The maximum absolute atomic E-state index is 15.0. The molecule has 0 spiro atoms. The first kappa shape index (κ1) is 72.5. The van der Waals surface area contributed by atoms with E-state index in [1.807, 2.05) is 62.3 Å². The number of rotatable bonds is 2. The predicted octanol–water partition coefficient (Wildman–Crippen LogP) is 8.77. The molecule has 4 fully saturated rings. The van der Waals surface area contributed by atoms with Crippen LogP contribution in [0.4, 0.5) is 0 Å². The molecule has 23 nitrogen and oxygen atoms in total. The normalized spacial score (nSPS) is 32.8. The molecule has 0 aromatic heterocycles. The lowest BCUT2D eigenvalue weighted by Gasteiger charge is -2.40. The lowest BCUT2D eigenvalue weighted by atomic mass is 9.76. The van der Waals surface area contributed by atoms with Crippen molar-refractivity contribution in [1.29, 1.82) is 0 Å². The Labute approximate surface area is 575 Å². The summed E-state index contributed by atoms with van der Waals surface area (Å²) in [6.45, 7) is 21.7. The van der Waals surface area contributed by atoms with Gasteiger partial charge in [-0.3, -0.25) is 38.4 Å². The zero-order valence-electron chi connectivity index (χ0n) is 58.8. The summed E-state index contributed by atoms with van der Waals surface area (Å²) < 4.78 is 30.9. The fourth-order valence-corrected chi connectivity index (χ4v) is 15.5. The van der Waals surface area contributed by atoms with Crippen LogP contribution >= 0.6 is 0 Å². The number of hydrogen-bond donors (Lipinski definition) is 8. The average molecular weight is 1350 g/mol. The highest BCUT2D eigenvalue weighted by molar-refractivity contribution is 6.07. The Bertz CT molecular complexity index is 3180. The van der Waals surface area contributed by atoms with Crippen molar-refractivity contribution in [3.63, 3.8) is 0 Å². The van der Waals surface area contributed by atoms with Crippen LogP contribution in [0.1, 0.15) is 210 Å². The number of methoxy groups -OCH3 is 2. The number of carbonyl (C=O) groups excluding carboxylic acids is 8. The summed E-state index contributed by atoms with van der Waals surface area (Å²) in [7, 11) is 2.82. The van der Waals surface area contributed by atoms with Gasteiger partial charge in [-0.05, 0) is 168 Å². The third-order valence-electron chi connectivity index (χ3n) is 21.4. The zero-order valence-corrected chi connectivity index (χ0v) is 58.8. The van der Waals surface area contributed by atoms with Gasteiger partial charge in [-0.1, -0.05) is 79.7 Å². The largest absolute Gasteiger partial charge is 0.495 e. The van der Waals surface area contributed by atoms with E-state index >= 15 is 0 Å². The zero-order chi connectivity index (χ0) is 70.4. The molecule has 2 heterocycles. The van der Waals surface area contributed by atoms with Gasteiger partial charge in [-0.15, -0.1) is 0 Å². The summed E-state index contributed by atoms with van der Waals surface area (Å²) in [6, 6.07) is 15.6. The van der Waals surface area contributed by atoms with E-state index in [9.17, 15) is 38.4 Å². The summed E-state index contributed by atoms with van der Waals surface area (Å²) in [6.07, 6.45) is 2.00. The number of para-hydroxylation sites is 4. The first-order valence-electron chi connectivity index (χ1n) is 35.1. The van der Waals surface area contributed by atoms with Crippen molar-refractivity contribution in [1.82, 2.24) is 42.5 Å². The number of benzene rings is 4. The predicted molar refractivity (Wildman–Crippen MR) is 367 cm³/mol. The van der Waals surface area contributed by atoms with Gasteiger partial charge in [0.2, 0.25) is 0 Å². The molecule has 4 aromatic carbocycles. The molecule has 8 amide bonds. The summed E-state index contributed by atoms with van der Waals surface area (Å²) in [5.41, 5.74) is 0.790. The molecular weight excluding hydrogens is 1250 g/mol. The Morgan fingerprint density at radius 2 is 0.520 bits per heavy atom. The van der Waals surface area contributed by atoms with E-state index < -0.39 is 114 Å². The van der Waals surface area contributed by atoms with Crippen LogP contribution in [0, 0.1) is 47.3 Å². The molecule has 0 radical (unpaired) electrons. The Kier molecular flexibility index (Phi) is 23.4. The molecule has 10 rings (SSSR count). The summed E-state index contributed by atoms with van der Waals surface area (Å²) in [4.78, 5) is 130. The third kappa shape index (κ3) is 16.5. The van der Waals surface area contributed by atoms with Gasteiger partial charge in [0.1, 0.15) is 30.0 Å². The minimum absolute atomic E-state index is 0.00829. The Morgan fingerprint density at radius 1 is 0.296 bits per heavy atom. The minimum atomic E-state index is -0.770. The van der Waals surface area contributed by atoms with Gasteiger partial charge in [0.15, 0.2) is 5.75 Å². The second-order valence-corrected chi connectivity index (χ2v) is 29.1. The summed E-state index contributed by atoms with van der Waals surface area (Å²) in [5, 5.41) is 25.8. The van der Waals surface area contributed by atoms with Crippen LogP contribution in [0.3, 0.4) is 0 Å². The van der Waals surface area contributed by atoms with Crippen molar-refractivity contribution in [2.45, 2.75) is 194 Å². The van der Waals surface area contributed by atoms with Gasteiger partial charge < -0.3 is 71.1 Å². The number of nitrogens with one attached hydrogen (secondary N) is 8. The van der Waals surface area contributed by atoms with Crippen molar-refractivity contribution in [2.24, 2.45) is 47.3 Å². The van der Waals surface area contributed by atoms with Crippen LogP contribution in [-0.4, -0.2) is 148 Å². The first-order chi connectivity index (χ1) is 46.8. The van der Waals surface area contributed by atoms with Crippen LogP contribution in [0.5, 0.6) is 23.0 Å². The molecule has 23 heteroatoms. The highest BCUT2D eigenvalue weighted by atomic mass is 17.2. The lowest BCUT2D eigenvalue weighted by molar-refractivity contribution is -0.253. The van der Waals surface area contributed by atoms with Crippen molar-refractivity contribution in [2.75, 3.05) is 34.0 Å². The molecule has 19 atom stereocenters. The van der Waals surface area contributed by atoms with Crippen molar-refractivity contribution in [3.8, 4) is 23.0 Å². The SMILES string of the molecule is COc1c2cccc1C(=O)NC1CC(NC(=O)c3cccc4c3OOC(C)COC(C)COC(C)COc3c(cccc3C(=O)NC3CC(NC(=O)c5cccc(c5OC)C(=O)NC5CC(NC4=O)C(C)CC5C)C(C)CC3C)C(=O)NC3CC(NC2=O)C(C)CC3C)C(C)CC1C. The van der Waals surface area contributed by atoms with Gasteiger partial charge in [-0.2, -0.15) is 4.89 Å². The van der Waals surface area contributed by atoms with E-state index in [0.29, 0.717) is 51.4 Å². The van der Waals surface area contributed by atoms with Crippen LogP contribution in [0.25, 0.3) is 0 Å². The second-order valence-electron chi connectivity index (χ2n) is 29.1. The minimum Gasteiger partial charge on any atom is -0.495 e. The molecule has 19 unspecified atom stereocenters. The van der Waals surface area contributed by atoms with Gasteiger partial charge in [0.25, 0.3) is 47.3 Å². The smallest absolute Gasteiger partial charge is 0.255 e. The molecule has 0 saturated heterocycles. The van der Waals surface area contributed by atoms with E-state index in [2.05, 4.69) is 42.5 Å². The summed E-state index contributed by atoms with van der Waals surface area (Å²) >= 11 is 0. The molecule has 14 bridgehead atoms. The maximum atomic E-state index is 15.0. The fraction of sp³-hybridized carbons (Fsp3) is 0.573. The summed E-state index contributed by atoms with van der Waals surface area (Å²) in [5.74, 6) is -4.26. The van der Waals surface area contributed by atoms with Crippen LogP contribution < -0.4 is 61.6 Å². The number of fused-ring (bicyclic) bond motifs is 22. The standard InChI is InChI=1S/C75H100N8O15/c1-37-26-41(5)60-30-56(37)76-68(84)48-18-14-20-50(64(48)92-12)70(86)78-58-32-62(43(7)28-39(58)3)82-74(90)54-24-17-25-55-67(54)98-97-47(11)36-95-45(9)34-94-46(10)35-96-66-52(72(88)80-60)22-16-23-53(66)73(89)81-61-31-57(38(2)27-42(61)6)77-69(85)49-19-15-21-51(65(49)93-13)71(87)79-59-33-63(83-75(55)91)44(8)29-40(59)4/h14-25,37-47,56-63H,26-36H2,1-13H3,(H,76,84)(H,77,85)(H,78,86)(H,79,87)(H,80,88)(H,81,89)(H,82,90)(H,83,91). The molecule has 4 saturated carbocycles. The van der Waals surface area contributed by atoms with E-state index in [0.717, 1.165) is 0 Å². The van der Waals surface area contributed by atoms with E-state index in [4.69, 9.17) is 33.5 Å². The van der Waals surface area contributed by atoms with Gasteiger partial charge in [-0.25, -0.2) is 0 Å². The number of carbonyl (C=O) groups is 8. The van der Waals surface area contributed by atoms with Crippen molar-refractivity contribution >= 4 is 47.3 Å². The second kappa shape index (κ2) is 31.7. The highest BCUT2D eigenvalue weighted by Gasteiger charge is 2.42. The molecule has 8 N–H and O–H groups in total. The molecule has 98 heavy (non-hydrogen) atoms. The highest BCUT2D eigenvalue weighted by Crippen LogP contribution is 2.38.